The van der Waals surface area contributed by atoms with E-state index in [9.17, 15) is 20.2 Å². The van der Waals surface area contributed by atoms with Gasteiger partial charge in [0.2, 0.25) is 0 Å². The number of carbonyl (C=O) groups excluding carboxylic acids is 1. The molecule has 166 valence electrons. The number of amides is 1. The number of nitro benzene ring substituents is 1. The van der Waals surface area contributed by atoms with Gasteiger partial charge in [-0.2, -0.15) is 5.26 Å². The largest absolute Gasteiger partial charge is 0.487 e. The Morgan fingerprint density at radius 3 is 2.45 bits per heavy atom. The molecule has 0 spiro atoms. The summed E-state index contributed by atoms with van der Waals surface area (Å²) in [4.78, 5) is 22.8. The molecule has 9 heteroatoms. The van der Waals surface area contributed by atoms with Crippen molar-refractivity contribution < 1.29 is 14.5 Å². The summed E-state index contributed by atoms with van der Waals surface area (Å²) in [7, 11) is 0. The van der Waals surface area contributed by atoms with Gasteiger partial charge in [0, 0.05) is 17.8 Å². The zero-order valence-electron chi connectivity index (χ0n) is 17.3. The van der Waals surface area contributed by atoms with Gasteiger partial charge in [-0.25, -0.2) is 0 Å². The predicted octanol–water partition coefficient (Wildman–Crippen LogP) is 6.40. The Morgan fingerprint density at radius 1 is 1.21 bits per heavy atom. The summed E-state index contributed by atoms with van der Waals surface area (Å²) in [6, 6.07) is 18.9. The minimum Gasteiger partial charge on any atom is -0.487 e. The second-order valence-corrected chi connectivity index (χ2v) is 9.03. The lowest BCUT2D eigenvalue weighted by Crippen LogP contribution is -2.13. The lowest BCUT2D eigenvalue weighted by atomic mass is 10.1. The molecule has 0 saturated heterocycles. The van der Waals surface area contributed by atoms with Crippen LogP contribution in [-0.4, -0.2) is 10.8 Å². The van der Waals surface area contributed by atoms with Gasteiger partial charge in [-0.15, -0.1) is 0 Å². The highest BCUT2D eigenvalue weighted by molar-refractivity contribution is 14.1. The molecule has 0 aromatic heterocycles. The molecular formula is C24H17BrIN3O4. The van der Waals surface area contributed by atoms with E-state index in [1.165, 1.54) is 18.2 Å². The highest BCUT2D eigenvalue weighted by Crippen LogP contribution is 2.33. The zero-order valence-corrected chi connectivity index (χ0v) is 21.1. The smallest absolute Gasteiger partial charge is 0.269 e. The first kappa shape index (κ1) is 24.4. The van der Waals surface area contributed by atoms with Crippen LogP contribution >= 0.6 is 38.5 Å². The molecule has 0 aliphatic carbocycles. The van der Waals surface area contributed by atoms with Gasteiger partial charge in [0.15, 0.2) is 0 Å². The summed E-state index contributed by atoms with van der Waals surface area (Å²) >= 11 is 5.59. The quantitative estimate of drug-likeness (QED) is 0.109. The van der Waals surface area contributed by atoms with E-state index in [1.807, 2.05) is 25.1 Å². The molecule has 0 saturated carbocycles. The van der Waals surface area contributed by atoms with Gasteiger partial charge < -0.3 is 10.1 Å². The number of hydrogen-bond donors (Lipinski definition) is 1. The summed E-state index contributed by atoms with van der Waals surface area (Å²) in [6.07, 6.45) is 1.51. The van der Waals surface area contributed by atoms with Gasteiger partial charge >= 0.3 is 0 Å². The number of hydrogen-bond acceptors (Lipinski definition) is 5. The van der Waals surface area contributed by atoms with Crippen LogP contribution in [0.2, 0.25) is 0 Å². The van der Waals surface area contributed by atoms with Crippen LogP contribution in [0.4, 0.5) is 11.4 Å². The summed E-state index contributed by atoms with van der Waals surface area (Å²) in [5, 5.41) is 23.0. The molecule has 3 aromatic rings. The van der Waals surface area contributed by atoms with Crippen molar-refractivity contribution in [1.82, 2.24) is 0 Å². The minimum atomic E-state index is -0.494. The SMILES string of the molecule is Cc1ccc(NC(=O)/C(C#N)=C/c2cc(Br)c(OCc3ccc([N+](=O)[O-])cc3)c(I)c2)cc1. The second-order valence-electron chi connectivity index (χ2n) is 7.02. The first-order valence-corrected chi connectivity index (χ1v) is 11.5. The average Bonchev–Trinajstić information content (AvgIpc) is 2.78. The molecule has 0 aliphatic rings. The van der Waals surface area contributed by atoms with E-state index in [0.29, 0.717) is 21.5 Å². The van der Waals surface area contributed by atoms with Gasteiger partial charge in [0.25, 0.3) is 11.6 Å². The summed E-state index contributed by atoms with van der Waals surface area (Å²) in [6.45, 7) is 2.18. The molecule has 0 aliphatic heterocycles. The Labute approximate surface area is 212 Å². The van der Waals surface area contributed by atoms with Crippen molar-refractivity contribution >= 4 is 61.9 Å². The summed E-state index contributed by atoms with van der Waals surface area (Å²) in [5.41, 5.74) is 3.11. The number of rotatable bonds is 7. The Kier molecular flexibility index (Phi) is 8.19. The fourth-order valence-corrected chi connectivity index (χ4v) is 4.59. The molecule has 0 heterocycles. The number of nitro groups is 1. The van der Waals surface area contributed by atoms with Crippen LogP contribution < -0.4 is 10.1 Å². The van der Waals surface area contributed by atoms with E-state index in [-0.39, 0.29) is 17.9 Å². The minimum absolute atomic E-state index is 0.0189. The van der Waals surface area contributed by atoms with Gasteiger partial charge in [0.05, 0.1) is 13.0 Å². The number of nitriles is 1. The number of aryl methyl sites for hydroxylation is 1. The molecule has 1 N–H and O–H groups in total. The molecule has 0 radical (unpaired) electrons. The topological polar surface area (TPSA) is 105 Å². The number of halogens is 2. The number of anilines is 1. The van der Waals surface area contributed by atoms with E-state index >= 15 is 0 Å². The third-order valence-corrected chi connectivity index (χ3v) is 5.93. The Balaban J connectivity index is 1.74. The van der Waals surface area contributed by atoms with Crippen LogP contribution in [0.25, 0.3) is 6.08 Å². The molecule has 0 bridgehead atoms. The standard InChI is InChI=1S/C24H17BrIN3O4/c1-15-2-6-19(7-3-15)28-24(30)18(13-27)10-17-11-21(25)23(22(26)12-17)33-14-16-4-8-20(9-5-16)29(31)32/h2-12H,14H2,1H3,(H,28,30)/b18-10+. The molecule has 0 atom stereocenters. The van der Waals surface area contributed by atoms with Crippen LogP contribution in [0, 0.1) is 31.9 Å². The maximum absolute atomic E-state index is 12.5. The number of nitrogens with zero attached hydrogens (tertiary/aromatic N) is 2. The molecular weight excluding hydrogens is 601 g/mol. The summed E-state index contributed by atoms with van der Waals surface area (Å²) < 4.78 is 7.31. The Morgan fingerprint density at radius 2 is 1.88 bits per heavy atom. The normalized spacial score (nSPS) is 10.9. The van der Waals surface area contributed by atoms with Crippen molar-refractivity contribution in [3.63, 3.8) is 0 Å². The van der Waals surface area contributed by atoms with E-state index in [0.717, 1.165) is 14.7 Å². The van der Waals surface area contributed by atoms with Crippen molar-refractivity contribution in [2.75, 3.05) is 5.32 Å². The van der Waals surface area contributed by atoms with Crippen LogP contribution in [0.1, 0.15) is 16.7 Å². The molecule has 33 heavy (non-hydrogen) atoms. The van der Waals surface area contributed by atoms with Crippen LogP contribution in [0.5, 0.6) is 5.75 Å². The van der Waals surface area contributed by atoms with E-state index in [1.54, 1.807) is 36.4 Å². The van der Waals surface area contributed by atoms with E-state index in [4.69, 9.17) is 4.74 Å². The number of benzene rings is 3. The lowest BCUT2D eigenvalue weighted by Gasteiger charge is -2.12. The van der Waals surface area contributed by atoms with Crippen molar-refractivity contribution in [2.24, 2.45) is 0 Å². The first-order chi connectivity index (χ1) is 15.8. The molecule has 3 rings (SSSR count). The van der Waals surface area contributed by atoms with Crippen LogP contribution in [0.15, 0.2) is 70.7 Å². The van der Waals surface area contributed by atoms with Crippen molar-refractivity contribution in [3.8, 4) is 11.8 Å². The van der Waals surface area contributed by atoms with Crippen molar-refractivity contribution in [3.05, 3.63) is 101 Å². The van der Waals surface area contributed by atoms with Crippen LogP contribution in [-0.2, 0) is 11.4 Å². The average molecular weight is 618 g/mol. The second kappa shape index (κ2) is 11.1. The highest BCUT2D eigenvalue weighted by Gasteiger charge is 2.13. The molecule has 7 nitrogen and oxygen atoms in total. The Bertz CT molecular complexity index is 1240. The molecule has 0 unspecified atom stereocenters. The molecule has 3 aromatic carbocycles. The van der Waals surface area contributed by atoms with Gasteiger partial charge in [-0.05, 0) is 99.0 Å². The fraction of sp³-hybridized carbons (Fsp3) is 0.0833. The lowest BCUT2D eigenvalue weighted by molar-refractivity contribution is -0.384. The van der Waals surface area contributed by atoms with E-state index in [2.05, 4.69) is 43.8 Å². The van der Waals surface area contributed by atoms with E-state index < -0.39 is 10.8 Å². The number of non-ortho nitro benzene ring substituents is 1. The maximum atomic E-state index is 12.5. The van der Waals surface area contributed by atoms with Gasteiger partial charge in [0.1, 0.15) is 24.0 Å². The third-order valence-electron chi connectivity index (χ3n) is 4.54. The highest BCUT2D eigenvalue weighted by atomic mass is 127. The Hall–Kier alpha value is -3.23. The molecule has 0 fully saturated rings. The maximum Gasteiger partial charge on any atom is 0.269 e. The summed E-state index contributed by atoms with van der Waals surface area (Å²) in [5.74, 6) is 0.0969. The number of ether oxygens (including phenoxy) is 1. The van der Waals surface area contributed by atoms with Crippen molar-refractivity contribution in [2.45, 2.75) is 13.5 Å². The van der Waals surface area contributed by atoms with Gasteiger partial charge in [-0.3, -0.25) is 14.9 Å². The monoisotopic (exact) mass is 617 g/mol. The number of carbonyl (C=O) groups is 1. The fourth-order valence-electron chi connectivity index (χ4n) is 2.82. The first-order valence-electron chi connectivity index (χ1n) is 9.62. The van der Waals surface area contributed by atoms with Gasteiger partial charge in [-0.1, -0.05) is 17.7 Å². The zero-order chi connectivity index (χ0) is 24.0. The molecule has 1 amide bonds. The van der Waals surface area contributed by atoms with Crippen LogP contribution in [0.3, 0.4) is 0 Å². The third kappa shape index (κ3) is 6.63. The predicted molar refractivity (Wildman–Crippen MR) is 138 cm³/mol. The number of nitrogens with one attached hydrogen (secondary N) is 1. The van der Waals surface area contributed by atoms with Crippen molar-refractivity contribution in [1.29, 1.82) is 5.26 Å².